The number of nitrogens with two attached hydrogens (primary N) is 1. The molecule has 6 nitrogen and oxygen atoms in total. The largest absolute Gasteiger partial charge is 0.480 e. The molecule has 2 aromatic carbocycles. The van der Waals surface area contributed by atoms with Crippen LogP contribution in [0.15, 0.2) is 60.8 Å². The molecule has 1 amide bonds. The molecule has 0 aliphatic heterocycles. The highest BCUT2D eigenvalue weighted by molar-refractivity contribution is 6.12. The number of carboxylic acids is 1. The molecule has 6 heteroatoms. The second kappa shape index (κ2) is 7.11. The molecule has 0 spiro atoms. The van der Waals surface area contributed by atoms with Crippen molar-refractivity contribution in [1.29, 1.82) is 0 Å². The average molecular weight is 335 g/mol. The third-order valence-corrected chi connectivity index (χ3v) is 3.88. The zero-order chi connectivity index (χ0) is 17.8. The first-order chi connectivity index (χ1) is 12.0. The predicted molar refractivity (Wildman–Crippen MR) is 95.5 cm³/mol. The fourth-order valence-corrected chi connectivity index (χ4v) is 2.56. The Labute approximate surface area is 144 Å². The maximum Gasteiger partial charge on any atom is 0.320 e. The van der Waals surface area contributed by atoms with Gasteiger partial charge in [0.25, 0.3) is 5.91 Å². The van der Waals surface area contributed by atoms with E-state index in [0.717, 1.165) is 16.5 Å². The third kappa shape index (κ3) is 3.81. The number of carbonyl (C=O) groups excluding carboxylic acids is 1. The Kier molecular flexibility index (Phi) is 4.72. The molecule has 0 saturated carbocycles. The van der Waals surface area contributed by atoms with Gasteiger partial charge in [-0.15, -0.1) is 0 Å². The summed E-state index contributed by atoms with van der Waals surface area (Å²) in [6.45, 7) is 0. The number of aliphatic carboxylic acids is 1. The van der Waals surface area contributed by atoms with Gasteiger partial charge in [-0.3, -0.25) is 14.6 Å². The van der Waals surface area contributed by atoms with Crippen molar-refractivity contribution in [3.05, 3.63) is 71.9 Å². The van der Waals surface area contributed by atoms with Crippen LogP contribution in [0.3, 0.4) is 0 Å². The van der Waals surface area contributed by atoms with E-state index in [4.69, 9.17) is 10.8 Å². The molecule has 4 N–H and O–H groups in total. The number of fused-ring (bicyclic) bond motifs is 1. The van der Waals surface area contributed by atoms with Crippen LogP contribution in [0.25, 0.3) is 10.9 Å². The molecular formula is C19H17N3O3. The van der Waals surface area contributed by atoms with E-state index < -0.39 is 12.0 Å². The lowest BCUT2D eigenvalue weighted by atomic mass is 10.1. The molecule has 1 heterocycles. The number of pyridine rings is 1. The number of amides is 1. The minimum absolute atomic E-state index is 0.228. The van der Waals surface area contributed by atoms with Crippen molar-refractivity contribution < 1.29 is 14.7 Å². The molecule has 0 aliphatic carbocycles. The molecule has 0 fully saturated rings. The van der Waals surface area contributed by atoms with Gasteiger partial charge in [0, 0.05) is 17.3 Å². The van der Waals surface area contributed by atoms with Crippen molar-refractivity contribution in [3.8, 4) is 0 Å². The number of hydrogen-bond acceptors (Lipinski definition) is 4. The maximum absolute atomic E-state index is 12.5. The highest BCUT2D eigenvalue weighted by Crippen LogP contribution is 2.18. The smallest absolute Gasteiger partial charge is 0.320 e. The van der Waals surface area contributed by atoms with Crippen molar-refractivity contribution >= 4 is 28.5 Å². The first-order valence-corrected chi connectivity index (χ1v) is 7.77. The molecule has 0 bridgehead atoms. The fraction of sp³-hybridized carbons (Fsp3) is 0.105. The molecule has 1 aromatic heterocycles. The van der Waals surface area contributed by atoms with Gasteiger partial charge >= 0.3 is 5.97 Å². The third-order valence-electron chi connectivity index (χ3n) is 3.88. The monoisotopic (exact) mass is 335 g/mol. The van der Waals surface area contributed by atoms with E-state index >= 15 is 0 Å². The highest BCUT2D eigenvalue weighted by atomic mass is 16.4. The zero-order valence-electron chi connectivity index (χ0n) is 13.3. The Balaban J connectivity index is 1.75. The summed E-state index contributed by atoms with van der Waals surface area (Å²) < 4.78 is 0. The Morgan fingerprint density at radius 3 is 2.52 bits per heavy atom. The van der Waals surface area contributed by atoms with Crippen molar-refractivity contribution in [3.63, 3.8) is 0 Å². The molecule has 126 valence electrons. The number of aromatic nitrogens is 1. The van der Waals surface area contributed by atoms with E-state index in [-0.39, 0.29) is 12.3 Å². The number of carboxylic acid groups (broad SMARTS) is 1. The maximum atomic E-state index is 12.5. The van der Waals surface area contributed by atoms with Crippen LogP contribution in [0.2, 0.25) is 0 Å². The Bertz CT molecular complexity index is 917. The van der Waals surface area contributed by atoms with Gasteiger partial charge in [-0.25, -0.2) is 0 Å². The van der Waals surface area contributed by atoms with Gasteiger partial charge in [-0.05, 0) is 36.2 Å². The van der Waals surface area contributed by atoms with Crippen molar-refractivity contribution in [2.45, 2.75) is 12.5 Å². The normalized spacial score (nSPS) is 11.9. The molecule has 0 saturated heterocycles. The summed E-state index contributed by atoms with van der Waals surface area (Å²) >= 11 is 0. The van der Waals surface area contributed by atoms with Crippen LogP contribution >= 0.6 is 0 Å². The van der Waals surface area contributed by atoms with Crippen molar-refractivity contribution in [2.24, 2.45) is 5.73 Å². The Morgan fingerprint density at radius 1 is 1.08 bits per heavy atom. The van der Waals surface area contributed by atoms with E-state index in [1.807, 2.05) is 24.3 Å². The molecule has 1 atom stereocenters. The summed E-state index contributed by atoms with van der Waals surface area (Å²) in [5, 5.41) is 12.5. The number of anilines is 1. The fourth-order valence-electron chi connectivity index (χ4n) is 2.56. The van der Waals surface area contributed by atoms with Crippen LogP contribution in [-0.4, -0.2) is 28.0 Å². The van der Waals surface area contributed by atoms with Gasteiger partial charge in [-0.1, -0.05) is 30.3 Å². The molecule has 3 rings (SSSR count). The van der Waals surface area contributed by atoms with E-state index in [1.54, 1.807) is 36.5 Å². The van der Waals surface area contributed by atoms with Crippen LogP contribution in [0.5, 0.6) is 0 Å². The van der Waals surface area contributed by atoms with E-state index in [1.165, 1.54) is 0 Å². The van der Waals surface area contributed by atoms with E-state index in [2.05, 4.69) is 10.3 Å². The summed E-state index contributed by atoms with van der Waals surface area (Å²) in [5.74, 6) is -1.27. The van der Waals surface area contributed by atoms with Crippen LogP contribution in [0, 0.1) is 0 Å². The predicted octanol–water partition coefficient (Wildman–Crippen LogP) is 2.44. The number of carbonyl (C=O) groups is 2. The molecule has 0 unspecified atom stereocenters. The molecular weight excluding hydrogens is 318 g/mol. The van der Waals surface area contributed by atoms with Gasteiger partial charge in [-0.2, -0.15) is 0 Å². The second-order valence-corrected chi connectivity index (χ2v) is 5.68. The zero-order valence-corrected chi connectivity index (χ0v) is 13.3. The first kappa shape index (κ1) is 16.6. The number of nitrogens with zero attached hydrogens (tertiary/aromatic N) is 1. The molecule has 3 aromatic rings. The van der Waals surface area contributed by atoms with E-state index in [0.29, 0.717) is 11.3 Å². The summed E-state index contributed by atoms with van der Waals surface area (Å²) in [6.07, 6.45) is 1.84. The lowest BCUT2D eigenvalue weighted by Crippen LogP contribution is -2.32. The minimum atomic E-state index is -1.04. The van der Waals surface area contributed by atoms with Crippen molar-refractivity contribution in [1.82, 2.24) is 4.98 Å². The molecule has 25 heavy (non-hydrogen) atoms. The van der Waals surface area contributed by atoms with E-state index in [9.17, 15) is 9.59 Å². The van der Waals surface area contributed by atoms with Gasteiger partial charge in [0.1, 0.15) is 6.04 Å². The quantitative estimate of drug-likeness (QED) is 0.664. The summed E-state index contributed by atoms with van der Waals surface area (Å²) in [5.41, 5.74) is 8.24. The van der Waals surface area contributed by atoms with Crippen LogP contribution in [0.1, 0.15) is 15.9 Å². The van der Waals surface area contributed by atoms with Crippen LogP contribution in [0.4, 0.5) is 5.69 Å². The van der Waals surface area contributed by atoms with Crippen LogP contribution in [-0.2, 0) is 11.2 Å². The van der Waals surface area contributed by atoms with Crippen molar-refractivity contribution in [2.75, 3.05) is 5.32 Å². The molecule has 0 radical (unpaired) electrons. The summed E-state index contributed by atoms with van der Waals surface area (Å²) in [6, 6.07) is 15.1. The number of rotatable bonds is 5. The molecule has 0 aliphatic rings. The summed E-state index contributed by atoms with van der Waals surface area (Å²) in [7, 11) is 0. The Morgan fingerprint density at radius 2 is 1.80 bits per heavy atom. The second-order valence-electron chi connectivity index (χ2n) is 5.68. The average Bonchev–Trinajstić information content (AvgIpc) is 2.62. The Hall–Kier alpha value is -3.25. The van der Waals surface area contributed by atoms with Crippen LogP contribution < -0.4 is 11.1 Å². The highest BCUT2D eigenvalue weighted by Gasteiger charge is 2.13. The van der Waals surface area contributed by atoms with Gasteiger partial charge < -0.3 is 16.2 Å². The SMILES string of the molecule is N[C@@H](Cc1ccc(NC(=O)c2ccnc3ccccc23)cc1)C(=O)O. The number of benzene rings is 2. The number of nitrogens with one attached hydrogen (secondary N) is 1. The van der Waals surface area contributed by atoms with Gasteiger partial charge in [0.2, 0.25) is 0 Å². The van der Waals surface area contributed by atoms with Gasteiger partial charge in [0.05, 0.1) is 11.1 Å². The first-order valence-electron chi connectivity index (χ1n) is 7.77. The standard InChI is InChI=1S/C19H17N3O3/c20-16(19(24)25)11-12-5-7-13(8-6-12)22-18(23)15-9-10-21-17-4-2-1-3-14(15)17/h1-10,16H,11,20H2,(H,22,23)(H,24,25)/t16-/m0/s1. The number of para-hydroxylation sites is 1. The number of hydrogen-bond donors (Lipinski definition) is 3. The minimum Gasteiger partial charge on any atom is -0.480 e. The summed E-state index contributed by atoms with van der Waals surface area (Å²) in [4.78, 5) is 27.6. The lowest BCUT2D eigenvalue weighted by Gasteiger charge is -2.10. The van der Waals surface area contributed by atoms with Gasteiger partial charge in [0.15, 0.2) is 0 Å². The topological polar surface area (TPSA) is 105 Å². The lowest BCUT2D eigenvalue weighted by molar-refractivity contribution is -0.138.